The number of allylic oxidation sites excluding steroid dienone is 2. The Hall–Kier alpha value is -1.05. The lowest BCUT2D eigenvalue weighted by atomic mass is 10.3. The van der Waals surface area contributed by atoms with E-state index in [2.05, 4.69) is 0 Å². The van der Waals surface area contributed by atoms with Crippen molar-refractivity contribution in [3.8, 4) is 0 Å². The van der Waals surface area contributed by atoms with Crippen molar-refractivity contribution in [3.63, 3.8) is 0 Å². The van der Waals surface area contributed by atoms with Crippen molar-refractivity contribution in [3.05, 3.63) is 31.0 Å². The van der Waals surface area contributed by atoms with Gasteiger partial charge in [0.25, 0.3) is 0 Å². The van der Waals surface area contributed by atoms with Gasteiger partial charge in [-0.3, -0.25) is 9.69 Å². The highest BCUT2D eigenvalue weighted by molar-refractivity contribution is 5.52. The summed E-state index contributed by atoms with van der Waals surface area (Å²) in [6.45, 7) is 0. The summed E-state index contributed by atoms with van der Waals surface area (Å²) in [5, 5.41) is 0. The third-order valence-corrected chi connectivity index (χ3v) is 0.860. The Balaban J connectivity index is 2.54. The molecule has 8 heavy (non-hydrogen) atoms. The predicted octanol–water partition coefficient (Wildman–Crippen LogP) is 0.690. The highest BCUT2D eigenvalue weighted by Gasteiger charge is 1.90. The van der Waals surface area contributed by atoms with Crippen molar-refractivity contribution in [2.75, 3.05) is 0 Å². The first kappa shape index (κ1) is 5.09. The van der Waals surface area contributed by atoms with E-state index in [1.807, 2.05) is 6.42 Å². The molecule has 41 valence electrons. The van der Waals surface area contributed by atoms with Crippen molar-refractivity contribution in [2.24, 2.45) is 0 Å². The van der Waals surface area contributed by atoms with Gasteiger partial charge >= 0.3 is 0 Å². The van der Waals surface area contributed by atoms with E-state index >= 15 is 0 Å². The number of hydrogen-bond donors (Lipinski definition) is 0. The van der Waals surface area contributed by atoms with E-state index in [1.54, 1.807) is 24.6 Å². The van der Waals surface area contributed by atoms with Gasteiger partial charge in [-0.25, -0.2) is 0 Å². The van der Waals surface area contributed by atoms with Crippen LogP contribution in [-0.4, -0.2) is 11.3 Å². The Morgan fingerprint density at radius 1 is 1.25 bits per heavy atom. The van der Waals surface area contributed by atoms with Gasteiger partial charge in [0.05, 0.1) is 0 Å². The Labute approximate surface area is 48.1 Å². The van der Waals surface area contributed by atoms with Crippen LogP contribution in [-0.2, 0) is 4.79 Å². The number of rotatable bonds is 1. The van der Waals surface area contributed by atoms with Crippen LogP contribution in [0.3, 0.4) is 0 Å². The molecule has 0 N–H and O–H groups in total. The van der Waals surface area contributed by atoms with Gasteiger partial charge in [0, 0.05) is 18.8 Å². The first-order chi connectivity index (χ1) is 3.93. The normalized spacial score (nSPS) is 16.8. The second-order valence-corrected chi connectivity index (χ2v) is 1.43. The second kappa shape index (κ2) is 2.31. The smallest absolute Gasteiger partial charge is 0.217 e. The zero-order chi connectivity index (χ0) is 5.82. The summed E-state index contributed by atoms with van der Waals surface area (Å²) in [7, 11) is 0. The van der Waals surface area contributed by atoms with Crippen molar-refractivity contribution in [1.82, 2.24) is 4.90 Å². The summed E-state index contributed by atoms with van der Waals surface area (Å²) in [4.78, 5) is 11.4. The van der Waals surface area contributed by atoms with E-state index in [1.165, 1.54) is 4.90 Å². The van der Waals surface area contributed by atoms with E-state index in [0.717, 1.165) is 6.41 Å². The van der Waals surface area contributed by atoms with Gasteiger partial charge in [-0.2, -0.15) is 0 Å². The van der Waals surface area contributed by atoms with Crippen molar-refractivity contribution >= 4 is 6.41 Å². The summed E-state index contributed by atoms with van der Waals surface area (Å²) in [5.41, 5.74) is 0. The maximum absolute atomic E-state index is 9.97. The molecule has 1 rings (SSSR count). The first-order valence-electron chi connectivity index (χ1n) is 2.34. The molecule has 2 nitrogen and oxygen atoms in total. The van der Waals surface area contributed by atoms with Crippen molar-refractivity contribution in [1.29, 1.82) is 0 Å². The third-order valence-electron chi connectivity index (χ3n) is 0.860. The van der Waals surface area contributed by atoms with Gasteiger partial charge in [0.15, 0.2) is 0 Å². The molecule has 0 aromatic rings. The van der Waals surface area contributed by atoms with Gasteiger partial charge in [-0.1, -0.05) is 12.2 Å². The van der Waals surface area contributed by atoms with Gasteiger partial charge in [-0.05, 0) is 0 Å². The molecule has 0 aromatic carbocycles. The maximum atomic E-state index is 9.97. The summed E-state index contributed by atoms with van der Waals surface area (Å²) in [6.07, 6.45) is 9.59. The number of nitrogens with zero attached hydrogens (tertiary/aromatic N) is 1. The molecule has 0 bridgehead atoms. The molecule has 0 aliphatic carbocycles. The Bertz CT molecular complexity index is 125. The van der Waals surface area contributed by atoms with Gasteiger partial charge in [0.2, 0.25) is 6.41 Å². The fourth-order valence-corrected chi connectivity index (χ4v) is 0.482. The molecule has 1 amide bonds. The number of amides is 1. The zero-order valence-corrected chi connectivity index (χ0v) is 4.32. The first-order valence-corrected chi connectivity index (χ1v) is 2.34. The SMILES string of the molecule is O=CN1C=C[CH]C=C1. The summed E-state index contributed by atoms with van der Waals surface area (Å²) < 4.78 is 0. The summed E-state index contributed by atoms with van der Waals surface area (Å²) >= 11 is 0. The molecular formula is C6H6NO. The lowest BCUT2D eigenvalue weighted by Crippen LogP contribution is -2.06. The van der Waals surface area contributed by atoms with Crippen LogP contribution in [0.15, 0.2) is 24.6 Å². The molecule has 1 radical (unpaired) electrons. The summed E-state index contributed by atoms with van der Waals surface area (Å²) in [6, 6.07) is 0. The minimum Gasteiger partial charge on any atom is -0.298 e. The maximum Gasteiger partial charge on any atom is 0.217 e. The molecule has 0 aromatic heterocycles. The molecule has 2 heteroatoms. The number of carbonyl (C=O) groups is 1. The van der Waals surface area contributed by atoms with Crippen LogP contribution in [0.25, 0.3) is 0 Å². The van der Waals surface area contributed by atoms with E-state index in [-0.39, 0.29) is 0 Å². The predicted molar refractivity (Wildman–Crippen MR) is 30.5 cm³/mol. The lowest BCUT2D eigenvalue weighted by molar-refractivity contribution is -0.114. The van der Waals surface area contributed by atoms with Gasteiger partial charge in [0.1, 0.15) is 0 Å². The van der Waals surface area contributed by atoms with Gasteiger partial charge in [-0.15, -0.1) is 0 Å². The molecule has 0 saturated heterocycles. The van der Waals surface area contributed by atoms with Crippen molar-refractivity contribution in [2.45, 2.75) is 0 Å². The fraction of sp³-hybridized carbons (Fsp3) is 0. The third kappa shape index (κ3) is 0.964. The van der Waals surface area contributed by atoms with Crippen LogP contribution in [0.2, 0.25) is 0 Å². The molecular weight excluding hydrogens is 102 g/mol. The minimum absolute atomic E-state index is 0.750. The molecule has 1 heterocycles. The van der Waals surface area contributed by atoms with Crippen LogP contribution in [0.1, 0.15) is 0 Å². The molecule has 0 unspecified atom stereocenters. The molecule has 0 spiro atoms. The molecule has 0 fully saturated rings. The van der Waals surface area contributed by atoms with Crippen LogP contribution in [0, 0.1) is 6.42 Å². The largest absolute Gasteiger partial charge is 0.298 e. The Morgan fingerprint density at radius 3 is 2.25 bits per heavy atom. The van der Waals surface area contributed by atoms with Crippen LogP contribution in [0.5, 0.6) is 0 Å². The number of hydrogen-bond acceptors (Lipinski definition) is 1. The molecule has 0 atom stereocenters. The van der Waals surface area contributed by atoms with Crippen molar-refractivity contribution < 1.29 is 4.79 Å². The fourth-order valence-electron chi connectivity index (χ4n) is 0.482. The van der Waals surface area contributed by atoms with E-state index < -0.39 is 0 Å². The highest BCUT2D eigenvalue weighted by atomic mass is 16.1. The Morgan fingerprint density at radius 2 is 1.88 bits per heavy atom. The minimum atomic E-state index is 0.750. The topological polar surface area (TPSA) is 20.3 Å². The average molecular weight is 108 g/mol. The highest BCUT2D eigenvalue weighted by Crippen LogP contribution is 1.96. The quantitative estimate of drug-likeness (QED) is 0.452. The van der Waals surface area contributed by atoms with Crippen LogP contribution >= 0.6 is 0 Å². The lowest BCUT2D eigenvalue weighted by Gasteiger charge is -2.06. The average Bonchev–Trinajstić information content (AvgIpc) is 1.90. The van der Waals surface area contributed by atoms with E-state index in [9.17, 15) is 4.79 Å². The van der Waals surface area contributed by atoms with Crippen LogP contribution in [0.4, 0.5) is 0 Å². The van der Waals surface area contributed by atoms with Gasteiger partial charge < -0.3 is 0 Å². The molecule has 1 aliphatic rings. The van der Waals surface area contributed by atoms with E-state index in [4.69, 9.17) is 0 Å². The van der Waals surface area contributed by atoms with Crippen LogP contribution < -0.4 is 0 Å². The standard InChI is InChI=1S/C6H6NO/c8-6-7-4-2-1-3-5-7/h1-6H. The Kier molecular flexibility index (Phi) is 1.47. The molecule has 0 saturated carbocycles. The summed E-state index contributed by atoms with van der Waals surface area (Å²) in [5.74, 6) is 0. The molecule has 1 aliphatic heterocycles. The zero-order valence-electron chi connectivity index (χ0n) is 4.32. The monoisotopic (exact) mass is 108 g/mol. The number of carbonyl (C=O) groups excluding carboxylic acids is 1. The second-order valence-electron chi connectivity index (χ2n) is 1.43. The van der Waals surface area contributed by atoms with E-state index in [0.29, 0.717) is 0 Å².